The average Bonchev–Trinajstić information content (AvgIpc) is 2.44. The Labute approximate surface area is 84.4 Å². The van der Waals surface area contributed by atoms with Crippen LogP contribution in [0.3, 0.4) is 0 Å². The SMILES string of the molecule is CC1=NCCCN=C1c1ccccc1. The molecule has 0 aliphatic carbocycles. The number of rotatable bonds is 1. The standard InChI is InChI=1S/C12H14N2/c1-10-12(14-9-5-8-13-10)11-6-3-2-4-7-11/h2-4,6-7H,5,8-9H2,1H3. The molecule has 0 aromatic heterocycles. The molecule has 0 atom stereocenters. The van der Waals surface area contributed by atoms with Crippen molar-refractivity contribution in [3.05, 3.63) is 35.9 Å². The van der Waals surface area contributed by atoms with Crippen LogP contribution in [0.15, 0.2) is 40.3 Å². The lowest BCUT2D eigenvalue weighted by Crippen LogP contribution is -2.11. The van der Waals surface area contributed by atoms with E-state index in [1.165, 1.54) is 5.56 Å². The van der Waals surface area contributed by atoms with Crippen molar-refractivity contribution >= 4 is 11.4 Å². The van der Waals surface area contributed by atoms with Crippen molar-refractivity contribution < 1.29 is 0 Å². The van der Waals surface area contributed by atoms with Crippen molar-refractivity contribution in [2.75, 3.05) is 13.1 Å². The first-order valence-electron chi connectivity index (χ1n) is 4.99. The van der Waals surface area contributed by atoms with Crippen molar-refractivity contribution in [1.29, 1.82) is 0 Å². The fraction of sp³-hybridized carbons (Fsp3) is 0.333. The molecule has 0 radical (unpaired) electrons. The highest BCUT2D eigenvalue weighted by molar-refractivity contribution is 6.47. The number of nitrogens with zero attached hydrogens (tertiary/aromatic N) is 2. The van der Waals surface area contributed by atoms with Crippen LogP contribution in [-0.4, -0.2) is 24.5 Å². The van der Waals surface area contributed by atoms with Crippen molar-refractivity contribution in [2.45, 2.75) is 13.3 Å². The van der Waals surface area contributed by atoms with Gasteiger partial charge in [0.2, 0.25) is 0 Å². The average molecular weight is 186 g/mol. The molecule has 1 heterocycles. The normalized spacial score (nSPS) is 16.9. The van der Waals surface area contributed by atoms with E-state index < -0.39 is 0 Å². The van der Waals surface area contributed by atoms with Gasteiger partial charge in [-0.25, -0.2) is 0 Å². The van der Waals surface area contributed by atoms with Gasteiger partial charge in [0.05, 0.1) is 11.4 Å². The summed E-state index contributed by atoms with van der Waals surface area (Å²) in [5, 5.41) is 0. The summed E-state index contributed by atoms with van der Waals surface area (Å²) in [5.74, 6) is 0. The van der Waals surface area contributed by atoms with Gasteiger partial charge in [-0.1, -0.05) is 30.3 Å². The number of hydrogen-bond acceptors (Lipinski definition) is 2. The molecule has 0 fully saturated rings. The zero-order valence-corrected chi connectivity index (χ0v) is 8.40. The van der Waals surface area contributed by atoms with E-state index in [9.17, 15) is 0 Å². The maximum Gasteiger partial charge on any atom is 0.0853 e. The summed E-state index contributed by atoms with van der Waals surface area (Å²) < 4.78 is 0. The van der Waals surface area contributed by atoms with Crippen LogP contribution >= 0.6 is 0 Å². The first-order chi connectivity index (χ1) is 6.88. The Morgan fingerprint density at radius 3 is 2.50 bits per heavy atom. The van der Waals surface area contributed by atoms with Crippen LogP contribution in [0.5, 0.6) is 0 Å². The molecule has 2 nitrogen and oxygen atoms in total. The fourth-order valence-corrected chi connectivity index (χ4v) is 1.59. The van der Waals surface area contributed by atoms with Gasteiger partial charge in [-0.2, -0.15) is 0 Å². The molecule has 2 heteroatoms. The molecule has 0 saturated carbocycles. The molecule has 0 N–H and O–H groups in total. The van der Waals surface area contributed by atoms with E-state index in [0.29, 0.717) is 0 Å². The molecule has 0 spiro atoms. The number of benzene rings is 1. The van der Waals surface area contributed by atoms with Gasteiger partial charge in [-0.15, -0.1) is 0 Å². The Balaban J connectivity index is 2.37. The topological polar surface area (TPSA) is 24.7 Å². The van der Waals surface area contributed by atoms with Gasteiger partial charge in [-0.05, 0) is 13.3 Å². The van der Waals surface area contributed by atoms with Crippen LogP contribution < -0.4 is 0 Å². The Bertz CT molecular complexity index is 363. The lowest BCUT2D eigenvalue weighted by atomic mass is 10.1. The molecular weight excluding hydrogens is 172 g/mol. The molecule has 14 heavy (non-hydrogen) atoms. The van der Waals surface area contributed by atoms with Crippen LogP contribution in [0.1, 0.15) is 18.9 Å². The van der Waals surface area contributed by atoms with Gasteiger partial charge in [0.15, 0.2) is 0 Å². The maximum absolute atomic E-state index is 4.56. The first-order valence-corrected chi connectivity index (χ1v) is 4.99. The van der Waals surface area contributed by atoms with E-state index in [-0.39, 0.29) is 0 Å². The third-order valence-electron chi connectivity index (χ3n) is 2.33. The van der Waals surface area contributed by atoms with E-state index in [1.54, 1.807) is 0 Å². The predicted molar refractivity (Wildman–Crippen MR) is 60.4 cm³/mol. The van der Waals surface area contributed by atoms with E-state index in [0.717, 1.165) is 30.9 Å². The van der Waals surface area contributed by atoms with Crippen molar-refractivity contribution in [3.8, 4) is 0 Å². The Kier molecular flexibility index (Phi) is 2.73. The molecule has 0 bridgehead atoms. The monoisotopic (exact) mass is 186 g/mol. The van der Waals surface area contributed by atoms with E-state index in [4.69, 9.17) is 0 Å². The molecule has 1 aliphatic heterocycles. The number of aliphatic imine (C=N–C) groups is 2. The summed E-state index contributed by atoms with van der Waals surface area (Å²) in [5.41, 5.74) is 3.30. The highest BCUT2D eigenvalue weighted by atomic mass is 14.8. The van der Waals surface area contributed by atoms with Crippen LogP contribution in [0.25, 0.3) is 0 Å². The molecule has 0 amide bonds. The highest BCUT2D eigenvalue weighted by Gasteiger charge is 2.08. The Morgan fingerprint density at radius 2 is 1.71 bits per heavy atom. The quantitative estimate of drug-likeness (QED) is 0.643. The van der Waals surface area contributed by atoms with Gasteiger partial charge in [0, 0.05) is 18.7 Å². The third kappa shape index (κ3) is 1.90. The largest absolute Gasteiger partial charge is 0.288 e. The van der Waals surface area contributed by atoms with Gasteiger partial charge < -0.3 is 0 Å². The first kappa shape index (κ1) is 9.13. The Morgan fingerprint density at radius 1 is 1.00 bits per heavy atom. The van der Waals surface area contributed by atoms with Crippen LogP contribution in [0.2, 0.25) is 0 Å². The summed E-state index contributed by atoms with van der Waals surface area (Å²) in [7, 11) is 0. The molecule has 72 valence electrons. The minimum atomic E-state index is 0.894. The van der Waals surface area contributed by atoms with Crippen molar-refractivity contribution in [1.82, 2.24) is 0 Å². The van der Waals surface area contributed by atoms with E-state index in [2.05, 4.69) is 22.1 Å². The van der Waals surface area contributed by atoms with Crippen LogP contribution in [0, 0.1) is 0 Å². The van der Waals surface area contributed by atoms with Gasteiger partial charge in [-0.3, -0.25) is 9.98 Å². The molecule has 1 aliphatic rings. The second-order valence-electron chi connectivity index (χ2n) is 3.42. The molecule has 1 aromatic carbocycles. The summed E-state index contributed by atoms with van der Waals surface area (Å²) in [6.07, 6.45) is 1.06. The van der Waals surface area contributed by atoms with E-state index in [1.807, 2.05) is 25.1 Å². The maximum atomic E-state index is 4.56. The minimum absolute atomic E-state index is 0.894. The summed E-state index contributed by atoms with van der Waals surface area (Å²) in [6, 6.07) is 10.3. The molecule has 0 unspecified atom stereocenters. The predicted octanol–water partition coefficient (Wildman–Crippen LogP) is 2.34. The number of hydrogen-bond donors (Lipinski definition) is 0. The minimum Gasteiger partial charge on any atom is -0.288 e. The van der Waals surface area contributed by atoms with Gasteiger partial charge in [0.25, 0.3) is 0 Å². The zero-order valence-electron chi connectivity index (χ0n) is 8.40. The van der Waals surface area contributed by atoms with E-state index >= 15 is 0 Å². The molecule has 0 saturated heterocycles. The van der Waals surface area contributed by atoms with Crippen LogP contribution in [-0.2, 0) is 0 Å². The van der Waals surface area contributed by atoms with Gasteiger partial charge >= 0.3 is 0 Å². The smallest absolute Gasteiger partial charge is 0.0853 e. The lowest BCUT2D eigenvalue weighted by molar-refractivity contribution is 0.857. The second kappa shape index (κ2) is 4.18. The highest BCUT2D eigenvalue weighted by Crippen LogP contribution is 2.06. The summed E-state index contributed by atoms with van der Waals surface area (Å²) in [4.78, 5) is 9.03. The van der Waals surface area contributed by atoms with Gasteiger partial charge in [0.1, 0.15) is 0 Å². The summed E-state index contributed by atoms with van der Waals surface area (Å²) in [6.45, 7) is 3.84. The lowest BCUT2D eigenvalue weighted by Gasteiger charge is -2.03. The van der Waals surface area contributed by atoms with Crippen molar-refractivity contribution in [3.63, 3.8) is 0 Å². The summed E-state index contributed by atoms with van der Waals surface area (Å²) >= 11 is 0. The second-order valence-corrected chi connectivity index (χ2v) is 3.42. The molecular formula is C12H14N2. The van der Waals surface area contributed by atoms with Crippen molar-refractivity contribution in [2.24, 2.45) is 9.98 Å². The molecule has 2 rings (SSSR count). The Hall–Kier alpha value is -1.44. The fourth-order valence-electron chi connectivity index (χ4n) is 1.59. The third-order valence-corrected chi connectivity index (χ3v) is 2.33. The molecule has 1 aromatic rings. The zero-order chi connectivity index (χ0) is 9.80. The van der Waals surface area contributed by atoms with Crippen LogP contribution in [0.4, 0.5) is 0 Å².